The number of ether oxygens (including phenoxy) is 1. The van der Waals surface area contributed by atoms with Gasteiger partial charge in [-0.15, -0.1) is 0 Å². The first kappa shape index (κ1) is 32.0. The van der Waals surface area contributed by atoms with Gasteiger partial charge in [0.2, 0.25) is 5.88 Å². The molecule has 0 bridgehead atoms. The number of hydrogen-bond acceptors (Lipinski definition) is 11. The van der Waals surface area contributed by atoms with Crippen molar-refractivity contribution >= 4 is 32.9 Å². The first-order valence-electron chi connectivity index (χ1n) is 15.0. The average Bonchev–Trinajstić information content (AvgIpc) is 3.44. The van der Waals surface area contributed by atoms with E-state index in [1.165, 1.54) is 36.8 Å². The van der Waals surface area contributed by atoms with E-state index in [1.807, 2.05) is 50.2 Å². The summed E-state index contributed by atoms with van der Waals surface area (Å²) in [5.74, 6) is 0.811. The van der Waals surface area contributed by atoms with Gasteiger partial charge in [-0.1, -0.05) is 18.2 Å². The number of fused-ring (bicyclic) bond motifs is 1. The van der Waals surface area contributed by atoms with E-state index >= 15 is 0 Å². The summed E-state index contributed by atoms with van der Waals surface area (Å²) in [6.45, 7) is 7.26. The van der Waals surface area contributed by atoms with Crippen molar-refractivity contribution in [3.8, 4) is 28.4 Å². The number of para-hydroxylation sites is 1. The Labute approximate surface area is 276 Å². The summed E-state index contributed by atoms with van der Waals surface area (Å²) in [5, 5.41) is 18.0. The van der Waals surface area contributed by atoms with Crippen molar-refractivity contribution in [3.63, 3.8) is 0 Å². The van der Waals surface area contributed by atoms with Crippen LogP contribution in [0.3, 0.4) is 0 Å². The quantitative estimate of drug-likeness (QED) is 0.159. The van der Waals surface area contributed by atoms with E-state index in [1.54, 1.807) is 29.1 Å². The Kier molecular flexibility index (Phi) is 8.45. The Balaban J connectivity index is 1.42. The van der Waals surface area contributed by atoms with Crippen molar-refractivity contribution < 1.29 is 18.3 Å². The molecular formula is C33H33N9O5S. The number of nitrogens with zero attached hydrogens (tertiary/aromatic N) is 6. The molecule has 0 aliphatic rings. The number of nitrogens with one attached hydrogen (secondary N) is 2. The van der Waals surface area contributed by atoms with Gasteiger partial charge in [0.05, 0.1) is 28.8 Å². The molecule has 0 amide bonds. The van der Waals surface area contributed by atoms with Gasteiger partial charge in [0.15, 0.2) is 5.82 Å². The minimum absolute atomic E-state index is 0.0270. The van der Waals surface area contributed by atoms with Crippen LogP contribution >= 0.6 is 0 Å². The van der Waals surface area contributed by atoms with Crippen LogP contribution in [0.5, 0.6) is 11.6 Å². The average molecular weight is 668 g/mol. The Hall–Kier alpha value is -5.96. The number of aromatic hydroxyl groups is 1. The topological polar surface area (TPSA) is 192 Å². The molecule has 0 saturated heterocycles. The fourth-order valence-electron chi connectivity index (χ4n) is 5.31. The molecule has 0 aliphatic carbocycles. The highest BCUT2D eigenvalue weighted by Crippen LogP contribution is 2.37. The van der Waals surface area contributed by atoms with Crippen LogP contribution in [0, 0.1) is 13.8 Å². The first-order chi connectivity index (χ1) is 23.0. The molecule has 0 spiro atoms. The highest BCUT2D eigenvalue weighted by Gasteiger charge is 2.24. The number of benzene rings is 2. The molecule has 1 unspecified atom stereocenters. The Morgan fingerprint density at radius 1 is 1.02 bits per heavy atom. The van der Waals surface area contributed by atoms with Gasteiger partial charge in [0.25, 0.3) is 15.6 Å². The number of phenolic OH excluding ortho intramolecular Hbond substituents is 1. The summed E-state index contributed by atoms with van der Waals surface area (Å²) in [7, 11) is -4.12. The molecule has 4 heterocycles. The maximum atomic E-state index is 13.8. The number of sulfonamides is 1. The van der Waals surface area contributed by atoms with E-state index in [4.69, 9.17) is 15.6 Å². The maximum absolute atomic E-state index is 13.8. The zero-order valence-electron chi connectivity index (χ0n) is 26.5. The molecule has 246 valence electrons. The fourth-order valence-corrected chi connectivity index (χ4v) is 6.45. The third kappa shape index (κ3) is 5.98. The summed E-state index contributed by atoms with van der Waals surface area (Å²) in [6.07, 6.45) is 4.51. The van der Waals surface area contributed by atoms with E-state index in [9.17, 15) is 18.3 Å². The molecule has 0 saturated carbocycles. The lowest BCUT2D eigenvalue weighted by Gasteiger charge is -2.21. The minimum Gasteiger partial charge on any atom is -0.508 e. The van der Waals surface area contributed by atoms with Crippen LogP contribution in [0.25, 0.3) is 22.3 Å². The highest BCUT2D eigenvalue weighted by molar-refractivity contribution is 7.92. The van der Waals surface area contributed by atoms with E-state index in [0.717, 1.165) is 5.56 Å². The normalized spacial score (nSPS) is 12.2. The molecule has 0 aliphatic heterocycles. The number of rotatable bonds is 10. The van der Waals surface area contributed by atoms with E-state index in [0.29, 0.717) is 39.5 Å². The second-order valence-corrected chi connectivity index (χ2v) is 12.7. The van der Waals surface area contributed by atoms with Gasteiger partial charge in [-0.05, 0) is 81.3 Å². The molecule has 1 atom stereocenters. The number of hydrogen-bond donors (Lipinski definition) is 4. The summed E-state index contributed by atoms with van der Waals surface area (Å²) in [5.41, 5.74) is 9.23. The van der Waals surface area contributed by atoms with Gasteiger partial charge >= 0.3 is 0 Å². The first-order valence-corrected chi connectivity index (χ1v) is 16.5. The minimum atomic E-state index is -4.12. The van der Waals surface area contributed by atoms with Crippen molar-refractivity contribution in [1.29, 1.82) is 0 Å². The lowest BCUT2D eigenvalue weighted by molar-refractivity contribution is 0.329. The standard InChI is InChI=1S/C33H33N9O5S/c1-5-47-32-25(40-48(45,46)24-11-12-26(43)20(3)15-24)16-22(17-35-32)27-29(34)36-18-37-30(27)38-21(4)31-39-41-14-13-19(2)28(41)33(44)42(31)23-9-7-6-8-10-23/h6-18,21,40,43H,5H2,1-4H3,(H3,34,36,37,38). The van der Waals surface area contributed by atoms with Crippen molar-refractivity contribution in [3.05, 3.63) is 107 Å². The molecule has 6 rings (SSSR count). The van der Waals surface area contributed by atoms with Crippen LogP contribution in [-0.2, 0) is 10.0 Å². The largest absolute Gasteiger partial charge is 0.508 e. The van der Waals surface area contributed by atoms with Gasteiger partial charge < -0.3 is 20.9 Å². The van der Waals surface area contributed by atoms with Crippen LogP contribution in [0.2, 0.25) is 0 Å². The summed E-state index contributed by atoms with van der Waals surface area (Å²) >= 11 is 0. The van der Waals surface area contributed by atoms with Gasteiger partial charge in [-0.3, -0.25) is 14.1 Å². The van der Waals surface area contributed by atoms with E-state index < -0.39 is 16.1 Å². The maximum Gasteiger partial charge on any atom is 0.282 e. The molecule has 6 aromatic rings. The molecule has 15 heteroatoms. The third-order valence-electron chi connectivity index (χ3n) is 7.69. The van der Waals surface area contributed by atoms with Gasteiger partial charge in [-0.25, -0.2) is 27.9 Å². The molecule has 0 radical (unpaired) electrons. The molecule has 2 aromatic carbocycles. The Morgan fingerprint density at radius 3 is 2.52 bits per heavy atom. The van der Waals surface area contributed by atoms with Crippen molar-refractivity contribution in [2.24, 2.45) is 0 Å². The predicted molar refractivity (Wildman–Crippen MR) is 182 cm³/mol. The van der Waals surface area contributed by atoms with Gasteiger partial charge in [0.1, 0.15) is 34.9 Å². The molecule has 4 aromatic heterocycles. The number of aryl methyl sites for hydroxylation is 2. The number of nitrogen functional groups attached to an aromatic ring is 1. The van der Waals surface area contributed by atoms with Gasteiger partial charge in [-0.2, -0.15) is 5.10 Å². The second kappa shape index (κ2) is 12.7. The van der Waals surface area contributed by atoms with Crippen molar-refractivity contribution in [1.82, 2.24) is 29.1 Å². The summed E-state index contributed by atoms with van der Waals surface area (Å²) < 4.78 is 38.1. The van der Waals surface area contributed by atoms with Crippen LogP contribution in [0.4, 0.5) is 17.3 Å². The third-order valence-corrected chi connectivity index (χ3v) is 9.05. The number of aromatic nitrogens is 6. The van der Waals surface area contributed by atoms with Crippen LogP contribution in [0.1, 0.15) is 36.8 Å². The Morgan fingerprint density at radius 2 is 1.79 bits per heavy atom. The van der Waals surface area contributed by atoms with Crippen molar-refractivity contribution in [2.45, 2.75) is 38.6 Å². The zero-order chi connectivity index (χ0) is 34.2. The summed E-state index contributed by atoms with van der Waals surface area (Å²) in [6, 6.07) is 15.9. The molecule has 48 heavy (non-hydrogen) atoms. The SMILES string of the molecule is CCOc1ncc(-c2c(N)ncnc2NC(C)c2nn3ccc(C)c3c(=O)n2-c2ccccc2)cc1NS(=O)(=O)c1ccc(O)c(C)c1. The van der Waals surface area contributed by atoms with Crippen molar-refractivity contribution in [2.75, 3.05) is 22.4 Å². The lowest BCUT2D eigenvalue weighted by Crippen LogP contribution is -2.29. The molecule has 14 nitrogen and oxygen atoms in total. The predicted octanol–water partition coefficient (Wildman–Crippen LogP) is 4.61. The second-order valence-electron chi connectivity index (χ2n) is 11.0. The Bertz CT molecular complexity index is 2320. The highest BCUT2D eigenvalue weighted by atomic mass is 32.2. The number of pyridine rings is 1. The van der Waals surface area contributed by atoms with Crippen LogP contribution in [0.15, 0.2) is 89.1 Å². The smallest absolute Gasteiger partial charge is 0.282 e. The van der Waals surface area contributed by atoms with E-state index in [-0.39, 0.29) is 40.2 Å². The fraction of sp³-hybridized carbons (Fsp3) is 0.182. The molecular weight excluding hydrogens is 634 g/mol. The van der Waals surface area contributed by atoms with Crippen LogP contribution in [-0.4, -0.2) is 49.3 Å². The van der Waals surface area contributed by atoms with Gasteiger partial charge in [0, 0.05) is 18.0 Å². The molecule has 5 N–H and O–H groups in total. The lowest BCUT2D eigenvalue weighted by atomic mass is 10.1. The monoisotopic (exact) mass is 667 g/mol. The number of nitrogens with two attached hydrogens (primary N) is 1. The van der Waals surface area contributed by atoms with Crippen LogP contribution < -0.4 is 26.1 Å². The van der Waals surface area contributed by atoms with E-state index in [2.05, 4.69) is 25.0 Å². The molecule has 0 fully saturated rings. The zero-order valence-corrected chi connectivity index (χ0v) is 27.4. The summed E-state index contributed by atoms with van der Waals surface area (Å²) in [4.78, 5) is 26.8. The number of anilines is 3. The number of phenols is 1.